The number of aliphatic hydroxyl groups excluding tert-OH is 1. The van der Waals surface area contributed by atoms with E-state index in [-0.39, 0.29) is 29.6 Å². The number of amides is 1. The first-order valence-corrected chi connectivity index (χ1v) is 15.4. The summed E-state index contributed by atoms with van der Waals surface area (Å²) in [6, 6.07) is 12.7. The number of benzene rings is 1. The molecule has 1 aromatic heterocycles. The van der Waals surface area contributed by atoms with Gasteiger partial charge in [0.25, 0.3) is 5.91 Å². The second-order valence-electron chi connectivity index (χ2n) is 12.0. The van der Waals surface area contributed by atoms with Crippen LogP contribution in [0.5, 0.6) is 0 Å². The topological polar surface area (TPSA) is 222 Å². The second-order valence-corrected chi connectivity index (χ2v) is 12.0. The number of unbranched alkanes of at least 4 members (excludes halogenated alkanes) is 1. The molecule has 0 spiro atoms. The highest BCUT2D eigenvalue weighted by Gasteiger charge is 2.59. The Morgan fingerprint density at radius 2 is 1.96 bits per heavy atom. The Balaban J connectivity index is 1.89. The smallest absolute Gasteiger partial charge is 0.323 e. The fraction of sp³-hybridized carbons (Fsp3) is 0.515. The Bertz CT molecular complexity index is 1470. The van der Waals surface area contributed by atoms with Crippen LogP contribution in [-0.2, 0) is 45.4 Å². The predicted octanol–water partition coefficient (Wildman–Crippen LogP) is 2.24. The van der Waals surface area contributed by atoms with Crippen LogP contribution in [0, 0.1) is 22.7 Å². The van der Waals surface area contributed by atoms with Crippen molar-refractivity contribution in [3.05, 3.63) is 59.4 Å². The number of aliphatic hydroxyl groups is 1. The van der Waals surface area contributed by atoms with Crippen LogP contribution in [0.15, 0.2) is 47.5 Å². The number of aromatic nitrogens is 1. The van der Waals surface area contributed by atoms with Crippen LogP contribution in [0.2, 0.25) is 0 Å². The number of esters is 2. The molecule has 1 aromatic carbocycles. The van der Waals surface area contributed by atoms with Crippen molar-refractivity contribution in [1.82, 2.24) is 10.3 Å². The van der Waals surface area contributed by atoms with Crippen molar-refractivity contribution in [2.75, 3.05) is 13.2 Å². The number of amidine groups is 1. The first kappa shape index (κ1) is 37.0. The van der Waals surface area contributed by atoms with E-state index in [2.05, 4.69) is 15.3 Å². The second kappa shape index (κ2) is 16.4. The zero-order valence-electron chi connectivity index (χ0n) is 27.3. The lowest BCUT2D eigenvalue weighted by Gasteiger charge is -2.25. The van der Waals surface area contributed by atoms with E-state index in [1.54, 1.807) is 52.0 Å². The minimum Gasteiger partial charge on any atom is -0.463 e. The van der Waals surface area contributed by atoms with E-state index >= 15 is 0 Å². The maximum absolute atomic E-state index is 13.1. The zero-order valence-corrected chi connectivity index (χ0v) is 27.3. The lowest BCUT2D eigenvalue weighted by Crippen LogP contribution is -2.47. The molecule has 1 aliphatic heterocycles. The van der Waals surface area contributed by atoms with Crippen LogP contribution in [-0.4, -0.2) is 83.3 Å². The standard InChI is InChI=1S/C33H44N6O8/c1-6-7-15-45-32(4,5)31(43)39-29(37-19-35)22-13-14-24(38-22)33(18-34)28(41)27(46-30(42)26(36)20(2)3)23(47-33)17-44-25(40)16-21-11-9-8-10-12-21/h8-14,19-20,23,26-28,38,41H,6-7,15-17,36H2,1-5H3,(H2,35,37,39,43)/t23-,26+,27-,28-,33+/m1/s1. The van der Waals surface area contributed by atoms with Crippen molar-refractivity contribution in [2.45, 2.75) is 89.4 Å². The van der Waals surface area contributed by atoms with E-state index in [1.807, 2.05) is 19.1 Å². The van der Waals surface area contributed by atoms with Gasteiger partial charge in [0.15, 0.2) is 11.9 Å². The quantitative estimate of drug-likeness (QED) is 0.0817. The molecule has 47 heavy (non-hydrogen) atoms. The van der Waals surface area contributed by atoms with E-state index in [0.717, 1.165) is 19.2 Å². The van der Waals surface area contributed by atoms with Crippen molar-refractivity contribution >= 4 is 30.0 Å². The highest BCUT2D eigenvalue weighted by molar-refractivity contribution is 6.10. The van der Waals surface area contributed by atoms with Crippen LogP contribution in [0.1, 0.15) is 64.4 Å². The molecule has 0 saturated carbocycles. The number of H-pyrrole nitrogens is 1. The summed E-state index contributed by atoms with van der Waals surface area (Å²) in [7, 11) is 0. The van der Waals surface area contributed by atoms with Crippen molar-refractivity contribution in [3.8, 4) is 6.07 Å². The molecule has 6 N–H and O–H groups in total. The van der Waals surface area contributed by atoms with E-state index in [0.29, 0.717) is 12.2 Å². The highest BCUT2D eigenvalue weighted by atomic mass is 16.6. The Morgan fingerprint density at radius 1 is 1.26 bits per heavy atom. The van der Waals surface area contributed by atoms with Gasteiger partial charge < -0.3 is 40.1 Å². The molecular weight excluding hydrogens is 608 g/mol. The number of carbonyl (C=O) groups excluding carboxylic acids is 3. The average Bonchev–Trinajstić information content (AvgIpc) is 3.63. The molecule has 0 radical (unpaired) electrons. The highest BCUT2D eigenvalue weighted by Crippen LogP contribution is 2.41. The summed E-state index contributed by atoms with van der Waals surface area (Å²) in [6.07, 6.45) is -2.11. The molecule has 1 saturated heterocycles. The molecule has 2 heterocycles. The predicted molar refractivity (Wildman–Crippen MR) is 171 cm³/mol. The Morgan fingerprint density at radius 3 is 2.57 bits per heavy atom. The monoisotopic (exact) mass is 652 g/mol. The first-order valence-electron chi connectivity index (χ1n) is 15.4. The molecule has 0 unspecified atom stereocenters. The van der Waals surface area contributed by atoms with Crippen LogP contribution in [0.3, 0.4) is 0 Å². The largest absolute Gasteiger partial charge is 0.463 e. The number of nitriles is 1. The van der Waals surface area contributed by atoms with Crippen molar-refractivity contribution in [2.24, 2.45) is 16.6 Å². The number of nitrogens with zero attached hydrogens (tertiary/aromatic N) is 2. The maximum Gasteiger partial charge on any atom is 0.323 e. The van der Waals surface area contributed by atoms with Crippen LogP contribution < -0.4 is 11.1 Å². The number of hydrogen-bond acceptors (Lipinski definition) is 11. The number of hydrogen-bond donors (Lipinski definition) is 5. The summed E-state index contributed by atoms with van der Waals surface area (Å²) in [5.74, 6) is -2.30. The number of aliphatic imine (C=N–C) groups is 1. The summed E-state index contributed by atoms with van der Waals surface area (Å²) in [4.78, 5) is 45.5. The number of rotatable bonds is 15. The van der Waals surface area contributed by atoms with E-state index < -0.39 is 60.0 Å². The third kappa shape index (κ3) is 9.11. The van der Waals surface area contributed by atoms with Gasteiger partial charge in [0.2, 0.25) is 5.60 Å². The minimum absolute atomic E-state index is 0.0280. The number of nitrogens with two attached hydrogens (primary N) is 1. The fourth-order valence-corrected chi connectivity index (χ4v) is 4.71. The number of nitrogens with one attached hydrogen (secondary N) is 3. The minimum atomic E-state index is -2.13. The Labute approximate surface area is 274 Å². The Kier molecular flexibility index (Phi) is 12.9. The molecule has 2 aromatic rings. The molecule has 0 bridgehead atoms. The molecule has 254 valence electrons. The summed E-state index contributed by atoms with van der Waals surface area (Å²) in [6.45, 7) is 8.58. The number of ether oxygens (including phenoxy) is 4. The van der Waals surface area contributed by atoms with Crippen LogP contribution in [0.4, 0.5) is 0 Å². The lowest BCUT2D eigenvalue weighted by molar-refractivity contribution is -0.162. The van der Waals surface area contributed by atoms with Crippen molar-refractivity contribution < 1.29 is 38.4 Å². The lowest BCUT2D eigenvalue weighted by atomic mass is 9.92. The summed E-state index contributed by atoms with van der Waals surface area (Å²) < 4.78 is 22.8. The molecule has 3 rings (SSSR count). The van der Waals surface area contributed by atoms with Gasteiger partial charge in [-0.05, 0) is 43.9 Å². The average molecular weight is 653 g/mol. The third-order valence-corrected chi connectivity index (χ3v) is 7.71. The SMILES string of the molecule is CCCCOC(C)(C)C(=O)N/C(=N/C=N)c1ccc([C@]2(C#N)O[C@H](COC(=O)Cc3ccccc3)[C@@H](OC(=O)[C@@H](N)C(C)C)[C@H]2O)[nH]1. The van der Waals surface area contributed by atoms with Gasteiger partial charge >= 0.3 is 11.9 Å². The summed E-state index contributed by atoms with van der Waals surface area (Å²) in [5.41, 5.74) is 3.56. The molecule has 14 nitrogen and oxygen atoms in total. The summed E-state index contributed by atoms with van der Waals surface area (Å²) in [5, 5.41) is 32.1. The molecule has 1 aliphatic rings. The van der Waals surface area contributed by atoms with Gasteiger partial charge in [-0.2, -0.15) is 5.26 Å². The number of carbonyl (C=O) groups is 3. The van der Waals surface area contributed by atoms with Gasteiger partial charge in [0, 0.05) is 6.61 Å². The van der Waals surface area contributed by atoms with E-state index in [1.165, 1.54) is 12.1 Å². The molecule has 1 fully saturated rings. The Hall–Kier alpha value is -4.42. The molecule has 1 amide bonds. The fourth-order valence-electron chi connectivity index (χ4n) is 4.71. The van der Waals surface area contributed by atoms with Crippen LogP contribution in [0.25, 0.3) is 0 Å². The zero-order chi connectivity index (χ0) is 34.8. The van der Waals surface area contributed by atoms with Crippen LogP contribution >= 0.6 is 0 Å². The van der Waals surface area contributed by atoms with E-state index in [9.17, 15) is 24.8 Å². The van der Waals surface area contributed by atoms with Gasteiger partial charge in [-0.25, -0.2) is 4.99 Å². The van der Waals surface area contributed by atoms with Gasteiger partial charge in [0.05, 0.1) is 17.8 Å². The van der Waals surface area contributed by atoms with Gasteiger partial charge in [-0.1, -0.05) is 57.5 Å². The number of aromatic amines is 1. The normalized spacial score (nSPS) is 21.9. The van der Waals surface area contributed by atoms with Crippen molar-refractivity contribution in [1.29, 1.82) is 10.7 Å². The molecule has 5 atom stereocenters. The first-order chi connectivity index (χ1) is 22.3. The maximum atomic E-state index is 13.1. The molecule has 14 heteroatoms. The van der Waals surface area contributed by atoms with Gasteiger partial charge in [0.1, 0.15) is 42.9 Å². The van der Waals surface area contributed by atoms with Gasteiger partial charge in [-0.15, -0.1) is 0 Å². The van der Waals surface area contributed by atoms with Crippen molar-refractivity contribution in [3.63, 3.8) is 0 Å². The van der Waals surface area contributed by atoms with E-state index in [4.69, 9.17) is 30.1 Å². The summed E-state index contributed by atoms with van der Waals surface area (Å²) >= 11 is 0. The van der Waals surface area contributed by atoms with Gasteiger partial charge in [-0.3, -0.25) is 19.8 Å². The molecular formula is C33H44N6O8. The molecule has 0 aliphatic carbocycles. The third-order valence-electron chi connectivity index (χ3n) is 7.71.